The Kier molecular flexibility index (Phi) is 9.42. The molecule has 2 aromatic carbocycles. The Morgan fingerprint density at radius 1 is 0.938 bits per heavy atom. The van der Waals surface area contributed by atoms with Gasteiger partial charge in [0.1, 0.15) is 0 Å². The van der Waals surface area contributed by atoms with Gasteiger partial charge in [-0.1, -0.05) is 47.5 Å². The van der Waals surface area contributed by atoms with Gasteiger partial charge in [0.25, 0.3) is 0 Å². The molecule has 0 aliphatic carbocycles. The summed E-state index contributed by atoms with van der Waals surface area (Å²) < 4.78 is 5.05. The number of ketones is 1. The summed E-state index contributed by atoms with van der Waals surface area (Å²) in [6.07, 6.45) is 4.09. The van der Waals surface area contributed by atoms with E-state index in [9.17, 15) is 9.59 Å². The van der Waals surface area contributed by atoms with E-state index in [0.717, 1.165) is 22.6 Å². The van der Waals surface area contributed by atoms with Crippen LogP contribution in [0.3, 0.4) is 0 Å². The van der Waals surface area contributed by atoms with Gasteiger partial charge in [0.05, 0.1) is 6.61 Å². The molecule has 4 nitrogen and oxygen atoms in total. The van der Waals surface area contributed by atoms with Crippen LogP contribution in [0, 0.1) is 0 Å². The van der Waals surface area contributed by atoms with Crippen LogP contribution in [0.25, 0.3) is 12.2 Å². The van der Waals surface area contributed by atoms with Crippen LogP contribution in [0.15, 0.2) is 59.7 Å². The van der Waals surface area contributed by atoms with Crippen molar-refractivity contribution in [3.05, 3.63) is 80.8 Å². The molecule has 0 atom stereocenters. The zero-order chi connectivity index (χ0) is 22.9. The predicted octanol–water partition coefficient (Wildman–Crippen LogP) is 5.64. The Morgan fingerprint density at radius 2 is 1.44 bits per heavy atom. The molecule has 1 aliphatic rings. The molecule has 32 heavy (non-hydrogen) atoms. The maximum absolute atomic E-state index is 13.2. The van der Waals surface area contributed by atoms with Crippen molar-refractivity contribution < 1.29 is 14.3 Å². The number of carbonyl (C=O) groups excluding carboxylic acids is 2. The second kappa shape index (κ2) is 12.3. The average molecular weight is 490 g/mol. The third kappa shape index (κ3) is 7.24. The monoisotopic (exact) mass is 489 g/mol. The lowest BCUT2D eigenvalue weighted by atomic mass is 9.94. The first kappa shape index (κ1) is 24.6. The molecular weight excluding hydrogens is 465 g/mol. The van der Waals surface area contributed by atoms with Gasteiger partial charge in [-0.25, -0.2) is 0 Å². The molecule has 1 amide bonds. The zero-order valence-electron chi connectivity index (χ0n) is 17.9. The van der Waals surface area contributed by atoms with Crippen LogP contribution in [-0.4, -0.2) is 54.9 Å². The van der Waals surface area contributed by atoms with E-state index in [4.69, 9.17) is 27.9 Å². The highest BCUT2D eigenvalue weighted by atomic mass is 35.5. The van der Waals surface area contributed by atoms with Crippen LogP contribution in [0.4, 0.5) is 0 Å². The van der Waals surface area contributed by atoms with Crippen LogP contribution in [0.2, 0.25) is 10.0 Å². The van der Waals surface area contributed by atoms with E-state index in [1.807, 2.05) is 36.4 Å². The van der Waals surface area contributed by atoms with Crippen molar-refractivity contribution in [2.24, 2.45) is 0 Å². The van der Waals surface area contributed by atoms with Crippen molar-refractivity contribution in [1.29, 1.82) is 0 Å². The van der Waals surface area contributed by atoms with Crippen molar-refractivity contribution in [3.8, 4) is 0 Å². The minimum absolute atomic E-state index is 0.0337. The number of benzene rings is 2. The quantitative estimate of drug-likeness (QED) is 0.355. The lowest BCUT2D eigenvalue weighted by Crippen LogP contribution is -2.41. The number of halogens is 2. The Labute approximate surface area is 203 Å². The fraction of sp³-hybridized carbons (Fsp3) is 0.280. The van der Waals surface area contributed by atoms with Crippen molar-refractivity contribution in [3.63, 3.8) is 0 Å². The fourth-order valence-corrected chi connectivity index (χ4v) is 4.36. The van der Waals surface area contributed by atoms with Gasteiger partial charge in [-0.05, 0) is 47.5 Å². The van der Waals surface area contributed by atoms with Crippen molar-refractivity contribution in [2.75, 3.05) is 38.3 Å². The Balaban J connectivity index is 1.82. The molecule has 168 valence electrons. The molecule has 0 N–H and O–H groups in total. The number of amides is 1. The SMILES string of the molecule is COCCSCCC(=O)N1C/C(=C\c2ccc(Cl)cc2)C(=O)/C(=C/c2ccc(Cl)cc2)C1. The minimum Gasteiger partial charge on any atom is -0.384 e. The highest BCUT2D eigenvalue weighted by molar-refractivity contribution is 7.99. The number of methoxy groups -OCH3 is 1. The zero-order valence-corrected chi connectivity index (χ0v) is 20.2. The molecule has 2 aromatic rings. The van der Waals surface area contributed by atoms with E-state index in [2.05, 4.69) is 0 Å². The number of rotatable bonds is 8. The topological polar surface area (TPSA) is 46.6 Å². The van der Waals surface area contributed by atoms with Crippen molar-refractivity contribution in [2.45, 2.75) is 6.42 Å². The highest BCUT2D eigenvalue weighted by Gasteiger charge is 2.28. The lowest BCUT2D eigenvalue weighted by molar-refractivity contribution is -0.130. The van der Waals surface area contributed by atoms with Crippen molar-refractivity contribution >= 4 is 58.8 Å². The van der Waals surface area contributed by atoms with Crippen LogP contribution < -0.4 is 0 Å². The van der Waals surface area contributed by atoms with E-state index < -0.39 is 0 Å². The van der Waals surface area contributed by atoms with Gasteiger partial charge in [0.15, 0.2) is 5.78 Å². The predicted molar refractivity (Wildman–Crippen MR) is 134 cm³/mol. The number of hydrogen-bond acceptors (Lipinski definition) is 4. The third-order valence-electron chi connectivity index (χ3n) is 4.97. The molecule has 0 unspecified atom stereocenters. The first-order chi connectivity index (χ1) is 15.5. The van der Waals surface area contributed by atoms with Gasteiger partial charge in [-0.2, -0.15) is 11.8 Å². The number of hydrogen-bond donors (Lipinski definition) is 0. The molecule has 1 saturated heterocycles. The summed E-state index contributed by atoms with van der Waals surface area (Å²) in [6, 6.07) is 14.6. The summed E-state index contributed by atoms with van der Waals surface area (Å²) >= 11 is 13.7. The largest absolute Gasteiger partial charge is 0.384 e. The number of ether oxygens (including phenoxy) is 1. The number of nitrogens with zero attached hydrogens (tertiary/aromatic N) is 1. The standard InChI is InChI=1S/C25H25Cl2NO3S/c1-31-11-13-32-12-10-24(29)28-16-20(14-18-2-6-22(26)7-3-18)25(30)21(17-28)15-19-4-8-23(27)9-5-19/h2-9,14-15H,10-13,16-17H2,1H3/b20-14+,21-15+. The molecule has 0 spiro atoms. The molecule has 1 fully saturated rings. The lowest BCUT2D eigenvalue weighted by Gasteiger charge is -2.30. The summed E-state index contributed by atoms with van der Waals surface area (Å²) in [5, 5.41) is 1.27. The average Bonchev–Trinajstić information content (AvgIpc) is 2.79. The van der Waals surface area contributed by atoms with Gasteiger partial charge >= 0.3 is 0 Å². The smallest absolute Gasteiger partial charge is 0.224 e. The van der Waals surface area contributed by atoms with E-state index in [-0.39, 0.29) is 11.7 Å². The molecule has 0 aromatic heterocycles. The van der Waals surface area contributed by atoms with Gasteiger partial charge < -0.3 is 9.64 Å². The van der Waals surface area contributed by atoms with Crippen LogP contribution in [-0.2, 0) is 14.3 Å². The molecule has 7 heteroatoms. The van der Waals surface area contributed by atoms with E-state index in [1.54, 1.807) is 48.0 Å². The van der Waals surface area contributed by atoms with Gasteiger partial charge in [0.2, 0.25) is 5.91 Å². The number of likely N-dealkylation sites (tertiary alicyclic amines) is 1. The Bertz CT molecular complexity index is 933. The summed E-state index contributed by atoms with van der Waals surface area (Å²) in [7, 11) is 1.67. The van der Waals surface area contributed by atoms with E-state index >= 15 is 0 Å². The molecule has 0 bridgehead atoms. The first-order valence-electron chi connectivity index (χ1n) is 10.3. The molecule has 0 radical (unpaired) electrons. The van der Waals surface area contributed by atoms with E-state index in [0.29, 0.717) is 47.3 Å². The number of Topliss-reactive ketones (excluding diaryl/α,β-unsaturated/α-hetero) is 1. The maximum atomic E-state index is 13.2. The van der Waals surface area contributed by atoms with Crippen LogP contribution in [0.1, 0.15) is 17.5 Å². The van der Waals surface area contributed by atoms with Gasteiger partial charge in [-0.15, -0.1) is 0 Å². The Morgan fingerprint density at radius 3 is 1.91 bits per heavy atom. The molecule has 0 saturated carbocycles. The number of carbonyl (C=O) groups is 2. The molecule has 1 heterocycles. The van der Waals surface area contributed by atoms with Crippen molar-refractivity contribution in [1.82, 2.24) is 4.90 Å². The maximum Gasteiger partial charge on any atom is 0.224 e. The number of thioether (sulfide) groups is 1. The van der Waals surface area contributed by atoms with E-state index in [1.165, 1.54) is 0 Å². The first-order valence-corrected chi connectivity index (χ1v) is 12.2. The summed E-state index contributed by atoms with van der Waals surface area (Å²) in [5.41, 5.74) is 2.90. The Hall–Kier alpha value is -2.05. The second-order valence-electron chi connectivity index (χ2n) is 7.38. The molecule has 3 rings (SSSR count). The fourth-order valence-electron chi connectivity index (χ4n) is 3.30. The van der Waals surface area contributed by atoms with Crippen LogP contribution in [0.5, 0.6) is 0 Å². The normalized spacial score (nSPS) is 16.7. The summed E-state index contributed by atoms with van der Waals surface area (Å²) in [5.74, 6) is 1.56. The molecule has 1 aliphatic heterocycles. The summed E-state index contributed by atoms with van der Waals surface area (Å²) in [6.45, 7) is 1.25. The van der Waals surface area contributed by atoms with Gasteiger partial charge in [-0.3, -0.25) is 9.59 Å². The minimum atomic E-state index is -0.0478. The van der Waals surface area contributed by atoms with Crippen LogP contribution >= 0.6 is 35.0 Å². The second-order valence-corrected chi connectivity index (χ2v) is 9.47. The summed E-state index contributed by atoms with van der Waals surface area (Å²) in [4.78, 5) is 27.9. The van der Waals surface area contributed by atoms with Gasteiger partial charge in [0, 0.05) is 59.3 Å². The molecular formula is C25H25Cl2NO3S. The highest BCUT2D eigenvalue weighted by Crippen LogP contribution is 2.24. The number of piperidine rings is 1. The third-order valence-corrected chi connectivity index (χ3v) is 6.42.